The van der Waals surface area contributed by atoms with Gasteiger partial charge in [-0.1, -0.05) is 55.9 Å². The largest absolute Gasteiger partial charge is 0.316 e. The molecule has 0 fully saturated rings. The van der Waals surface area contributed by atoms with E-state index in [1.807, 2.05) is 31.2 Å². The highest BCUT2D eigenvalue weighted by atomic mass is 32.1. The molecule has 0 unspecified atom stereocenters. The molecule has 1 heterocycles. The van der Waals surface area contributed by atoms with Crippen LogP contribution in [0.25, 0.3) is 10.2 Å². The van der Waals surface area contributed by atoms with Gasteiger partial charge in [0.25, 0.3) is 5.91 Å². The van der Waals surface area contributed by atoms with E-state index in [2.05, 4.69) is 48.5 Å². The Kier molecular flexibility index (Phi) is 5.19. The highest BCUT2D eigenvalue weighted by Crippen LogP contribution is 2.24. The topological polar surface area (TPSA) is 34.4 Å². The Morgan fingerprint density at radius 2 is 2.00 bits per heavy atom. The Balaban J connectivity index is 2.13. The summed E-state index contributed by atoms with van der Waals surface area (Å²) in [6, 6.07) is 14.2. The van der Waals surface area contributed by atoms with Crippen molar-refractivity contribution in [1.29, 1.82) is 0 Å². The van der Waals surface area contributed by atoms with Crippen molar-refractivity contribution in [2.24, 2.45) is 4.99 Å². The number of benzene rings is 2. The molecule has 0 saturated carbocycles. The predicted octanol–water partition coefficient (Wildman–Crippen LogP) is 5.29. The van der Waals surface area contributed by atoms with Gasteiger partial charge >= 0.3 is 0 Å². The van der Waals surface area contributed by atoms with E-state index in [1.165, 1.54) is 10.3 Å². The quantitative estimate of drug-likeness (QED) is 0.628. The second-order valence-corrected chi connectivity index (χ2v) is 7.71. The van der Waals surface area contributed by atoms with Crippen LogP contribution in [0.2, 0.25) is 0 Å². The molecule has 130 valence electrons. The van der Waals surface area contributed by atoms with E-state index >= 15 is 0 Å². The molecule has 0 spiro atoms. The van der Waals surface area contributed by atoms with Crippen molar-refractivity contribution in [3.8, 4) is 0 Å². The SMILES string of the molecule is CCCn1c(=NC(=O)c2cccc(C)c2)sc2cc(C(C)C)ccc21. The molecule has 0 aliphatic carbocycles. The summed E-state index contributed by atoms with van der Waals surface area (Å²) in [6.45, 7) is 9.38. The fourth-order valence-corrected chi connectivity index (χ4v) is 4.01. The first-order chi connectivity index (χ1) is 12.0. The monoisotopic (exact) mass is 352 g/mol. The summed E-state index contributed by atoms with van der Waals surface area (Å²) in [5, 5.41) is 0. The van der Waals surface area contributed by atoms with Crippen LogP contribution in [0.4, 0.5) is 0 Å². The number of fused-ring (bicyclic) bond motifs is 1. The summed E-state index contributed by atoms with van der Waals surface area (Å²) in [5.41, 5.74) is 4.18. The normalized spacial score (nSPS) is 12.3. The van der Waals surface area contributed by atoms with Crippen LogP contribution in [-0.4, -0.2) is 10.5 Å². The minimum atomic E-state index is -0.177. The number of aromatic nitrogens is 1. The van der Waals surface area contributed by atoms with Gasteiger partial charge < -0.3 is 4.57 Å². The number of hydrogen-bond acceptors (Lipinski definition) is 2. The van der Waals surface area contributed by atoms with E-state index in [4.69, 9.17) is 0 Å². The van der Waals surface area contributed by atoms with E-state index in [0.29, 0.717) is 11.5 Å². The lowest BCUT2D eigenvalue weighted by Gasteiger charge is -2.06. The molecular weight excluding hydrogens is 328 g/mol. The highest BCUT2D eigenvalue weighted by molar-refractivity contribution is 7.16. The van der Waals surface area contributed by atoms with E-state index in [-0.39, 0.29) is 5.91 Å². The van der Waals surface area contributed by atoms with Crippen molar-refractivity contribution in [3.05, 3.63) is 64.0 Å². The number of thiazole rings is 1. The van der Waals surface area contributed by atoms with Gasteiger partial charge in [0.05, 0.1) is 10.2 Å². The molecular formula is C21H24N2OS. The molecule has 2 aromatic carbocycles. The lowest BCUT2D eigenvalue weighted by Crippen LogP contribution is -2.16. The van der Waals surface area contributed by atoms with Crippen LogP contribution in [-0.2, 0) is 6.54 Å². The molecule has 0 aliphatic rings. The first-order valence-corrected chi connectivity index (χ1v) is 9.60. The second kappa shape index (κ2) is 7.36. The maximum Gasteiger partial charge on any atom is 0.279 e. The molecule has 0 radical (unpaired) electrons. The Bertz CT molecular complexity index is 979. The van der Waals surface area contributed by atoms with Crippen molar-refractivity contribution in [2.45, 2.75) is 46.6 Å². The first-order valence-electron chi connectivity index (χ1n) is 8.78. The van der Waals surface area contributed by atoms with E-state index in [1.54, 1.807) is 11.3 Å². The first kappa shape index (κ1) is 17.6. The number of hydrogen-bond donors (Lipinski definition) is 0. The lowest BCUT2D eigenvalue weighted by atomic mass is 10.0. The lowest BCUT2D eigenvalue weighted by molar-refractivity contribution is 0.0997. The summed E-state index contributed by atoms with van der Waals surface area (Å²) in [4.78, 5) is 17.8. The Hall–Kier alpha value is -2.20. The molecule has 3 nitrogen and oxygen atoms in total. The number of carbonyl (C=O) groups is 1. The summed E-state index contributed by atoms with van der Waals surface area (Å²) >= 11 is 1.60. The minimum Gasteiger partial charge on any atom is -0.316 e. The maximum atomic E-state index is 12.6. The highest BCUT2D eigenvalue weighted by Gasteiger charge is 2.10. The van der Waals surface area contributed by atoms with Crippen molar-refractivity contribution in [3.63, 3.8) is 0 Å². The number of nitrogens with zero attached hydrogens (tertiary/aromatic N) is 2. The van der Waals surface area contributed by atoms with Crippen molar-refractivity contribution in [2.75, 3.05) is 0 Å². The van der Waals surface area contributed by atoms with Gasteiger partial charge in [-0.05, 0) is 49.1 Å². The van der Waals surface area contributed by atoms with Crippen LogP contribution in [0.5, 0.6) is 0 Å². The zero-order valence-electron chi connectivity index (χ0n) is 15.2. The number of rotatable bonds is 4. The van der Waals surface area contributed by atoms with Crippen LogP contribution in [0.15, 0.2) is 47.5 Å². The molecule has 1 amide bonds. The Morgan fingerprint density at radius 3 is 2.68 bits per heavy atom. The molecule has 3 aromatic rings. The van der Waals surface area contributed by atoms with Gasteiger partial charge in [-0.3, -0.25) is 4.79 Å². The molecule has 0 N–H and O–H groups in total. The van der Waals surface area contributed by atoms with Crippen LogP contribution in [0.1, 0.15) is 54.6 Å². The Morgan fingerprint density at radius 1 is 1.20 bits per heavy atom. The summed E-state index contributed by atoms with van der Waals surface area (Å²) in [5.74, 6) is 0.310. The number of amides is 1. The van der Waals surface area contributed by atoms with Gasteiger partial charge in [-0.2, -0.15) is 4.99 Å². The third-order valence-corrected chi connectivity index (χ3v) is 5.32. The smallest absolute Gasteiger partial charge is 0.279 e. The molecule has 3 rings (SSSR count). The van der Waals surface area contributed by atoms with Crippen LogP contribution in [0.3, 0.4) is 0 Å². The second-order valence-electron chi connectivity index (χ2n) is 6.70. The van der Waals surface area contributed by atoms with Crippen LogP contribution in [0, 0.1) is 6.92 Å². The van der Waals surface area contributed by atoms with Gasteiger partial charge in [-0.15, -0.1) is 0 Å². The molecule has 0 bridgehead atoms. The third kappa shape index (κ3) is 3.74. The van der Waals surface area contributed by atoms with Gasteiger partial charge in [0.1, 0.15) is 0 Å². The van der Waals surface area contributed by atoms with Gasteiger partial charge in [0.2, 0.25) is 0 Å². The number of carbonyl (C=O) groups excluding carboxylic acids is 1. The molecule has 0 aliphatic heterocycles. The average Bonchev–Trinajstić information content (AvgIpc) is 2.92. The van der Waals surface area contributed by atoms with E-state index < -0.39 is 0 Å². The number of aryl methyl sites for hydroxylation is 2. The minimum absolute atomic E-state index is 0.177. The van der Waals surface area contributed by atoms with Gasteiger partial charge in [-0.25, -0.2) is 0 Å². The fourth-order valence-electron chi connectivity index (χ4n) is 2.90. The average molecular weight is 353 g/mol. The third-order valence-electron chi connectivity index (χ3n) is 4.28. The maximum absolute atomic E-state index is 12.6. The van der Waals surface area contributed by atoms with Crippen molar-refractivity contribution in [1.82, 2.24) is 4.57 Å². The van der Waals surface area contributed by atoms with Gasteiger partial charge in [0, 0.05) is 12.1 Å². The summed E-state index contributed by atoms with van der Waals surface area (Å²) in [7, 11) is 0. The Labute approximate surface area is 152 Å². The zero-order valence-corrected chi connectivity index (χ0v) is 16.1. The van der Waals surface area contributed by atoms with Crippen molar-refractivity contribution >= 4 is 27.5 Å². The molecule has 0 saturated heterocycles. The standard InChI is InChI=1S/C21H24N2OS/c1-5-11-23-18-10-9-16(14(2)3)13-19(18)25-21(23)22-20(24)17-8-6-7-15(4)12-17/h6-10,12-14H,5,11H2,1-4H3. The molecule has 0 atom stereocenters. The molecule has 1 aromatic heterocycles. The fraction of sp³-hybridized carbons (Fsp3) is 0.333. The van der Waals surface area contributed by atoms with E-state index in [0.717, 1.165) is 28.8 Å². The zero-order chi connectivity index (χ0) is 18.0. The van der Waals surface area contributed by atoms with Gasteiger partial charge in [0.15, 0.2) is 4.80 Å². The van der Waals surface area contributed by atoms with Crippen molar-refractivity contribution < 1.29 is 4.79 Å². The summed E-state index contributed by atoms with van der Waals surface area (Å²) < 4.78 is 3.35. The van der Waals surface area contributed by atoms with E-state index in [9.17, 15) is 4.79 Å². The van der Waals surface area contributed by atoms with Crippen LogP contribution < -0.4 is 4.80 Å². The summed E-state index contributed by atoms with van der Waals surface area (Å²) in [6.07, 6.45) is 1.00. The predicted molar refractivity (Wildman–Crippen MR) is 105 cm³/mol. The molecule has 4 heteroatoms. The molecule has 25 heavy (non-hydrogen) atoms. The van der Waals surface area contributed by atoms with Crippen LogP contribution >= 0.6 is 11.3 Å².